The first kappa shape index (κ1) is 12.9. The van der Waals surface area contributed by atoms with Crippen molar-refractivity contribution in [2.45, 2.75) is 45.3 Å². The van der Waals surface area contributed by atoms with Crippen LogP contribution in [0.15, 0.2) is 0 Å². The molecule has 2 unspecified atom stereocenters. The number of hydrogen-bond donors (Lipinski definition) is 1. The first-order chi connectivity index (χ1) is 7.99. The summed E-state index contributed by atoms with van der Waals surface area (Å²) in [5.74, 6) is 0. The molecule has 0 aliphatic carbocycles. The van der Waals surface area contributed by atoms with E-state index in [4.69, 9.17) is 17.3 Å². The molecule has 1 aromatic rings. The fourth-order valence-electron chi connectivity index (χ4n) is 2.54. The number of aromatic nitrogens is 2. The molecule has 4 nitrogen and oxygen atoms in total. The lowest BCUT2D eigenvalue weighted by molar-refractivity contribution is 0.137. The molecule has 1 fully saturated rings. The molecule has 0 bridgehead atoms. The van der Waals surface area contributed by atoms with Crippen molar-refractivity contribution in [3.05, 3.63) is 16.4 Å². The SMILES string of the molecule is Cc1nn(C)c(CN2CCC(N)CC2C)c1Cl. The van der Waals surface area contributed by atoms with Gasteiger partial charge in [0.25, 0.3) is 0 Å². The number of aryl methyl sites for hydroxylation is 2. The molecule has 0 saturated carbocycles. The van der Waals surface area contributed by atoms with E-state index in [1.54, 1.807) is 0 Å². The lowest BCUT2D eigenvalue weighted by Crippen LogP contribution is -2.45. The second kappa shape index (κ2) is 4.96. The maximum atomic E-state index is 6.27. The Kier molecular flexibility index (Phi) is 3.76. The van der Waals surface area contributed by atoms with Gasteiger partial charge in [0.15, 0.2) is 0 Å². The molecule has 1 saturated heterocycles. The molecule has 1 aliphatic heterocycles. The molecule has 1 aromatic heterocycles. The number of likely N-dealkylation sites (tertiary alicyclic amines) is 1. The molecule has 96 valence electrons. The van der Waals surface area contributed by atoms with Crippen LogP contribution in [0.5, 0.6) is 0 Å². The second-order valence-electron chi connectivity index (χ2n) is 5.07. The Balaban J connectivity index is 2.10. The van der Waals surface area contributed by atoms with Gasteiger partial charge in [-0.25, -0.2) is 0 Å². The predicted octanol–water partition coefficient (Wildman–Crippen LogP) is 1.69. The lowest BCUT2D eigenvalue weighted by atomic mass is 9.99. The minimum absolute atomic E-state index is 0.352. The molecule has 1 aliphatic rings. The Morgan fingerprint density at radius 2 is 2.24 bits per heavy atom. The highest BCUT2D eigenvalue weighted by atomic mass is 35.5. The van der Waals surface area contributed by atoms with Crippen molar-refractivity contribution < 1.29 is 0 Å². The van der Waals surface area contributed by atoms with Crippen molar-refractivity contribution in [1.82, 2.24) is 14.7 Å². The largest absolute Gasteiger partial charge is 0.328 e. The van der Waals surface area contributed by atoms with Gasteiger partial charge in [0.1, 0.15) is 0 Å². The monoisotopic (exact) mass is 256 g/mol. The predicted molar refractivity (Wildman–Crippen MR) is 70.0 cm³/mol. The van der Waals surface area contributed by atoms with Gasteiger partial charge in [0.05, 0.1) is 16.4 Å². The van der Waals surface area contributed by atoms with Crippen molar-refractivity contribution in [2.75, 3.05) is 6.54 Å². The summed E-state index contributed by atoms with van der Waals surface area (Å²) in [6.07, 6.45) is 2.13. The van der Waals surface area contributed by atoms with Gasteiger partial charge in [-0.05, 0) is 26.7 Å². The highest BCUT2D eigenvalue weighted by Crippen LogP contribution is 2.24. The first-order valence-electron chi connectivity index (χ1n) is 6.16. The first-order valence-corrected chi connectivity index (χ1v) is 6.54. The topological polar surface area (TPSA) is 47.1 Å². The average molecular weight is 257 g/mol. The van der Waals surface area contributed by atoms with Gasteiger partial charge >= 0.3 is 0 Å². The van der Waals surface area contributed by atoms with E-state index in [9.17, 15) is 0 Å². The number of halogens is 1. The number of piperidine rings is 1. The van der Waals surface area contributed by atoms with E-state index in [0.717, 1.165) is 42.3 Å². The van der Waals surface area contributed by atoms with Crippen LogP contribution in [0, 0.1) is 6.92 Å². The van der Waals surface area contributed by atoms with E-state index >= 15 is 0 Å². The molecule has 2 N–H and O–H groups in total. The molecule has 0 amide bonds. The van der Waals surface area contributed by atoms with Crippen LogP contribution in [0.2, 0.25) is 5.02 Å². The Morgan fingerprint density at radius 1 is 1.53 bits per heavy atom. The van der Waals surface area contributed by atoms with Gasteiger partial charge in [-0.3, -0.25) is 9.58 Å². The molecule has 0 radical (unpaired) electrons. The third kappa shape index (κ3) is 2.64. The summed E-state index contributed by atoms with van der Waals surface area (Å²) < 4.78 is 1.89. The van der Waals surface area contributed by atoms with Gasteiger partial charge in [-0.15, -0.1) is 0 Å². The molecule has 17 heavy (non-hydrogen) atoms. The van der Waals surface area contributed by atoms with E-state index in [2.05, 4.69) is 16.9 Å². The van der Waals surface area contributed by atoms with Crippen LogP contribution in [0.1, 0.15) is 31.2 Å². The van der Waals surface area contributed by atoms with E-state index in [0.29, 0.717) is 12.1 Å². The van der Waals surface area contributed by atoms with Crippen molar-refractivity contribution in [3.63, 3.8) is 0 Å². The summed E-state index contributed by atoms with van der Waals surface area (Å²) in [6, 6.07) is 0.870. The minimum atomic E-state index is 0.352. The number of hydrogen-bond acceptors (Lipinski definition) is 3. The third-order valence-corrected chi connectivity index (χ3v) is 4.16. The molecular formula is C12H21ClN4. The standard InChI is InChI=1S/C12H21ClN4/c1-8-6-10(14)4-5-17(8)7-11-12(13)9(2)15-16(11)3/h8,10H,4-7,14H2,1-3H3. The van der Waals surface area contributed by atoms with Crippen LogP contribution in [0.25, 0.3) is 0 Å². The normalized spacial score (nSPS) is 26.4. The molecule has 2 rings (SSSR count). The summed E-state index contributed by atoms with van der Waals surface area (Å²) in [7, 11) is 1.95. The van der Waals surface area contributed by atoms with Crippen molar-refractivity contribution in [3.8, 4) is 0 Å². The summed E-state index contributed by atoms with van der Waals surface area (Å²) in [4.78, 5) is 2.44. The van der Waals surface area contributed by atoms with E-state index < -0.39 is 0 Å². The van der Waals surface area contributed by atoms with Crippen LogP contribution >= 0.6 is 11.6 Å². The number of nitrogens with zero attached hydrogens (tertiary/aromatic N) is 3. The molecule has 2 atom stereocenters. The van der Waals surface area contributed by atoms with Crippen LogP contribution < -0.4 is 5.73 Å². The maximum Gasteiger partial charge on any atom is 0.0860 e. The van der Waals surface area contributed by atoms with E-state index in [-0.39, 0.29) is 0 Å². The zero-order valence-corrected chi connectivity index (χ0v) is 11.5. The highest BCUT2D eigenvalue weighted by molar-refractivity contribution is 6.31. The minimum Gasteiger partial charge on any atom is -0.328 e. The van der Waals surface area contributed by atoms with Crippen molar-refractivity contribution >= 4 is 11.6 Å². The van der Waals surface area contributed by atoms with Crippen molar-refractivity contribution in [1.29, 1.82) is 0 Å². The van der Waals surface area contributed by atoms with Crippen LogP contribution in [-0.4, -0.2) is 33.3 Å². The Bertz CT molecular complexity index is 401. The fourth-order valence-corrected chi connectivity index (χ4v) is 2.76. The van der Waals surface area contributed by atoms with Gasteiger partial charge < -0.3 is 5.73 Å². The van der Waals surface area contributed by atoms with Crippen LogP contribution in [0.3, 0.4) is 0 Å². The van der Waals surface area contributed by atoms with Crippen molar-refractivity contribution in [2.24, 2.45) is 12.8 Å². The summed E-state index contributed by atoms with van der Waals surface area (Å²) in [5, 5.41) is 5.15. The third-order valence-electron chi connectivity index (χ3n) is 3.67. The van der Waals surface area contributed by atoms with Gasteiger partial charge in [0.2, 0.25) is 0 Å². The second-order valence-corrected chi connectivity index (χ2v) is 5.45. The fraction of sp³-hybridized carbons (Fsp3) is 0.750. The Hall–Kier alpha value is -0.580. The molecular weight excluding hydrogens is 236 g/mol. The van der Waals surface area contributed by atoms with E-state index in [1.165, 1.54) is 0 Å². The van der Waals surface area contributed by atoms with Crippen LogP contribution in [-0.2, 0) is 13.6 Å². The zero-order chi connectivity index (χ0) is 12.6. The number of rotatable bonds is 2. The highest BCUT2D eigenvalue weighted by Gasteiger charge is 2.25. The smallest absolute Gasteiger partial charge is 0.0860 e. The van der Waals surface area contributed by atoms with Gasteiger partial charge in [0, 0.05) is 32.2 Å². The molecule has 2 heterocycles. The zero-order valence-electron chi connectivity index (χ0n) is 10.8. The quantitative estimate of drug-likeness (QED) is 0.876. The summed E-state index contributed by atoms with van der Waals surface area (Å²) in [5.41, 5.74) is 7.99. The van der Waals surface area contributed by atoms with Gasteiger partial charge in [-0.1, -0.05) is 11.6 Å². The van der Waals surface area contributed by atoms with Crippen LogP contribution in [0.4, 0.5) is 0 Å². The molecule has 0 aromatic carbocycles. The van der Waals surface area contributed by atoms with E-state index in [1.807, 2.05) is 18.7 Å². The molecule has 5 heteroatoms. The van der Waals surface area contributed by atoms with Gasteiger partial charge in [-0.2, -0.15) is 5.10 Å². The number of nitrogens with two attached hydrogens (primary N) is 1. The lowest BCUT2D eigenvalue weighted by Gasteiger charge is -2.36. The maximum absolute atomic E-state index is 6.27. The molecule has 0 spiro atoms. The summed E-state index contributed by atoms with van der Waals surface area (Å²) in [6.45, 7) is 6.09. The average Bonchev–Trinajstić information content (AvgIpc) is 2.48. The Labute approximate surface area is 108 Å². The Morgan fingerprint density at radius 3 is 2.76 bits per heavy atom. The summed E-state index contributed by atoms with van der Waals surface area (Å²) >= 11 is 6.27.